The Morgan fingerprint density at radius 3 is 2.92 bits per heavy atom. The van der Waals surface area contributed by atoms with Crippen LogP contribution < -0.4 is 0 Å². The lowest BCUT2D eigenvalue weighted by Gasteiger charge is -2.27. The average molecular weight is 359 g/mol. The molecule has 3 heterocycles. The molecule has 138 valence electrons. The summed E-state index contributed by atoms with van der Waals surface area (Å²) in [5.41, 5.74) is -0.812. The molecule has 3 rings (SSSR count). The van der Waals surface area contributed by atoms with Crippen molar-refractivity contribution in [3.8, 4) is 0 Å². The van der Waals surface area contributed by atoms with Crippen molar-refractivity contribution in [1.29, 1.82) is 0 Å². The number of aromatic nitrogens is 4. The number of hydrogen-bond acceptors (Lipinski definition) is 6. The molecule has 0 saturated heterocycles. The van der Waals surface area contributed by atoms with E-state index in [1.807, 2.05) is 11.9 Å². The van der Waals surface area contributed by atoms with Crippen LogP contribution in [0.4, 0.5) is 13.2 Å². The highest BCUT2D eigenvalue weighted by Gasteiger charge is 2.35. The van der Waals surface area contributed by atoms with Gasteiger partial charge in [-0.3, -0.25) is 4.90 Å². The Kier molecular flexibility index (Phi) is 5.09. The zero-order valence-electron chi connectivity index (χ0n) is 14.1. The first-order valence-corrected chi connectivity index (χ1v) is 7.97. The number of alkyl halides is 3. The van der Waals surface area contributed by atoms with E-state index < -0.39 is 11.9 Å². The lowest BCUT2D eigenvalue weighted by Crippen LogP contribution is -2.31. The quantitative estimate of drug-likeness (QED) is 0.787. The highest BCUT2D eigenvalue weighted by Crippen LogP contribution is 2.30. The van der Waals surface area contributed by atoms with Crippen LogP contribution in [-0.4, -0.2) is 45.3 Å². The van der Waals surface area contributed by atoms with E-state index in [2.05, 4.69) is 15.1 Å². The molecule has 0 fully saturated rings. The molecule has 0 spiro atoms. The Labute approximate surface area is 142 Å². The lowest BCUT2D eigenvalue weighted by atomic mass is 9.99. The predicted octanol–water partition coefficient (Wildman–Crippen LogP) is 2.13. The molecule has 0 aliphatic carbocycles. The molecule has 0 unspecified atom stereocenters. The van der Waals surface area contributed by atoms with Gasteiger partial charge < -0.3 is 13.8 Å². The zero-order valence-corrected chi connectivity index (χ0v) is 14.1. The van der Waals surface area contributed by atoms with Crippen molar-refractivity contribution in [2.24, 2.45) is 5.92 Å². The van der Waals surface area contributed by atoms with Crippen LogP contribution in [0.3, 0.4) is 0 Å². The Morgan fingerprint density at radius 2 is 2.20 bits per heavy atom. The molecule has 1 atom stereocenters. The van der Waals surface area contributed by atoms with Crippen molar-refractivity contribution in [2.75, 3.05) is 20.7 Å². The van der Waals surface area contributed by atoms with Crippen LogP contribution in [0.2, 0.25) is 0 Å². The zero-order chi connectivity index (χ0) is 18.0. The normalized spacial score (nSPS) is 17.9. The third-order valence-corrected chi connectivity index (χ3v) is 4.14. The number of fused-ring (bicyclic) bond motifs is 1. The van der Waals surface area contributed by atoms with Gasteiger partial charge in [0, 0.05) is 32.8 Å². The SMILES string of the molecule is COCc1noc(CN(C)C[C@H]2CCc3nc(C(F)(F)F)cn3C2)n1. The molecule has 10 heteroatoms. The topological polar surface area (TPSA) is 69.2 Å². The Hall–Kier alpha value is -1.94. The van der Waals surface area contributed by atoms with E-state index in [0.29, 0.717) is 43.7 Å². The molecule has 1 aliphatic rings. The lowest BCUT2D eigenvalue weighted by molar-refractivity contribution is -0.141. The van der Waals surface area contributed by atoms with Gasteiger partial charge in [-0.15, -0.1) is 0 Å². The number of halogens is 3. The van der Waals surface area contributed by atoms with E-state index >= 15 is 0 Å². The number of imidazole rings is 1. The van der Waals surface area contributed by atoms with E-state index in [4.69, 9.17) is 9.26 Å². The van der Waals surface area contributed by atoms with Gasteiger partial charge in [0.2, 0.25) is 5.89 Å². The summed E-state index contributed by atoms with van der Waals surface area (Å²) in [5, 5.41) is 3.80. The minimum atomic E-state index is -4.39. The molecule has 2 aromatic heterocycles. The van der Waals surface area contributed by atoms with Gasteiger partial charge in [0.25, 0.3) is 0 Å². The van der Waals surface area contributed by atoms with Crippen LogP contribution in [0.1, 0.15) is 29.7 Å². The molecule has 25 heavy (non-hydrogen) atoms. The highest BCUT2D eigenvalue weighted by molar-refractivity contribution is 5.09. The average Bonchev–Trinajstić information content (AvgIpc) is 3.13. The molecule has 1 aliphatic heterocycles. The fourth-order valence-corrected chi connectivity index (χ4v) is 3.08. The predicted molar refractivity (Wildman–Crippen MR) is 80.4 cm³/mol. The van der Waals surface area contributed by atoms with E-state index in [0.717, 1.165) is 19.2 Å². The smallest absolute Gasteiger partial charge is 0.377 e. The number of rotatable bonds is 6. The molecular weight excluding hydrogens is 339 g/mol. The summed E-state index contributed by atoms with van der Waals surface area (Å²) in [5.74, 6) is 1.74. The minimum Gasteiger partial charge on any atom is -0.377 e. The van der Waals surface area contributed by atoms with Gasteiger partial charge in [-0.2, -0.15) is 18.2 Å². The van der Waals surface area contributed by atoms with Crippen LogP contribution in [0.5, 0.6) is 0 Å². The highest BCUT2D eigenvalue weighted by atomic mass is 19.4. The van der Waals surface area contributed by atoms with Gasteiger partial charge in [-0.1, -0.05) is 5.16 Å². The van der Waals surface area contributed by atoms with Crippen LogP contribution in [0, 0.1) is 5.92 Å². The Balaban J connectivity index is 1.56. The molecule has 2 aromatic rings. The molecule has 7 nitrogen and oxygen atoms in total. The number of aryl methyl sites for hydroxylation is 1. The fourth-order valence-electron chi connectivity index (χ4n) is 3.08. The molecule has 0 radical (unpaired) electrons. The number of ether oxygens (including phenoxy) is 1. The monoisotopic (exact) mass is 359 g/mol. The second kappa shape index (κ2) is 7.12. The van der Waals surface area contributed by atoms with Crippen molar-refractivity contribution >= 4 is 0 Å². The number of hydrogen-bond donors (Lipinski definition) is 0. The van der Waals surface area contributed by atoms with Gasteiger partial charge in [0.15, 0.2) is 11.5 Å². The molecule has 0 bridgehead atoms. The third-order valence-electron chi connectivity index (χ3n) is 4.14. The fraction of sp³-hybridized carbons (Fsp3) is 0.667. The van der Waals surface area contributed by atoms with E-state index in [9.17, 15) is 13.2 Å². The summed E-state index contributed by atoms with van der Waals surface area (Å²) < 4.78 is 50.0. The van der Waals surface area contributed by atoms with Crippen molar-refractivity contribution in [3.63, 3.8) is 0 Å². The van der Waals surface area contributed by atoms with Crippen molar-refractivity contribution in [3.05, 3.63) is 29.4 Å². The second-order valence-electron chi connectivity index (χ2n) is 6.33. The molecule has 0 amide bonds. The largest absolute Gasteiger partial charge is 0.434 e. The van der Waals surface area contributed by atoms with Gasteiger partial charge in [-0.25, -0.2) is 4.98 Å². The standard InChI is InChI=1S/C15H20F3N5O2/c1-22(8-14-20-12(9-24-2)21-25-14)5-10-3-4-13-19-11(15(16,17)18)7-23(13)6-10/h7,10H,3-6,8-9H2,1-2H3/t10-/m1/s1. The minimum absolute atomic E-state index is 0.245. The van der Waals surface area contributed by atoms with Crippen LogP contribution in [0.25, 0.3) is 0 Å². The van der Waals surface area contributed by atoms with Gasteiger partial charge in [0.05, 0.1) is 6.54 Å². The number of nitrogens with zero attached hydrogens (tertiary/aromatic N) is 5. The summed E-state index contributed by atoms with van der Waals surface area (Å²) in [7, 11) is 3.48. The van der Waals surface area contributed by atoms with Gasteiger partial charge in [-0.05, 0) is 19.4 Å². The summed E-state index contributed by atoms with van der Waals surface area (Å²) in [4.78, 5) is 9.95. The first-order chi connectivity index (χ1) is 11.8. The third kappa shape index (κ3) is 4.37. The first-order valence-electron chi connectivity index (χ1n) is 7.97. The second-order valence-corrected chi connectivity index (χ2v) is 6.33. The van der Waals surface area contributed by atoms with E-state index in [1.54, 1.807) is 11.7 Å². The Bertz CT molecular complexity index is 712. The van der Waals surface area contributed by atoms with Gasteiger partial charge in [0.1, 0.15) is 12.4 Å². The van der Waals surface area contributed by atoms with Crippen LogP contribution >= 0.6 is 0 Å². The summed E-state index contributed by atoms with van der Waals surface area (Å²) in [6, 6.07) is 0. The molecule has 0 aromatic carbocycles. The van der Waals surface area contributed by atoms with Crippen molar-refractivity contribution < 1.29 is 22.4 Å². The maximum Gasteiger partial charge on any atom is 0.434 e. The van der Waals surface area contributed by atoms with Crippen LogP contribution in [0.15, 0.2) is 10.7 Å². The van der Waals surface area contributed by atoms with Gasteiger partial charge >= 0.3 is 6.18 Å². The molecule has 0 saturated carbocycles. The number of methoxy groups -OCH3 is 1. The maximum atomic E-state index is 12.8. The summed E-state index contributed by atoms with van der Waals surface area (Å²) >= 11 is 0. The van der Waals surface area contributed by atoms with Crippen molar-refractivity contribution in [1.82, 2.24) is 24.6 Å². The molecule has 0 N–H and O–H groups in total. The maximum absolute atomic E-state index is 12.8. The summed E-state index contributed by atoms with van der Waals surface area (Å²) in [6.07, 6.45) is -1.93. The van der Waals surface area contributed by atoms with E-state index in [-0.39, 0.29) is 5.92 Å². The first kappa shape index (κ1) is 17.9. The molecular formula is C15H20F3N5O2. The van der Waals surface area contributed by atoms with Crippen molar-refractivity contribution in [2.45, 2.75) is 38.7 Å². The van der Waals surface area contributed by atoms with E-state index in [1.165, 1.54) is 0 Å². The summed E-state index contributed by atoms with van der Waals surface area (Å²) in [6.45, 7) is 2.03. The Morgan fingerprint density at radius 1 is 1.40 bits per heavy atom. The van der Waals surface area contributed by atoms with Crippen LogP contribution in [-0.2, 0) is 37.0 Å².